The smallest absolute Gasteiger partial charge is 0.274 e. The van der Waals surface area contributed by atoms with Crippen LogP contribution in [0.1, 0.15) is 27.2 Å². The molecule has 0 spiro atoms. The van der Waals surface area contributed by atoms with Gasteiger partial charge >= 0.3 is 0 Å². The highest BCUT2D eigenvalue weighted by Gasteiger charge is 2.21. The quantitative estimate of drug-likeness (QED) is 0.757. The molecule has 27 heavy (non-hydrogen) atoms. The first-order chi connectivity index (χ1) is 13.2. The van der Waals surface area contributed by atoms with Crippen molar-refractivity contribution in [2.45, 2.75) is 19.4 Å². The number of aromatic nitrogens is 1. The van der Waals surface area contributed by atoms with Gasteiger partial charge in [-0.2, -0.15) is 11.3 Å². The highest BCUT2D eigenvalue weighted by atomic mass is 32.1. The minimum absolute atomic E-state index is 0.141. The lowest BCUT2D eigenvalue weighted by Gasteiger charge is -2.29. The Balaban J connectivity index is 1.45. The van der Waals surface area contributed by atoms with Crippen LogP contribution in [0.5, 0.6) is 0 Å². The van der Waals surface area contributed by atoms with Crippen LogP contribution in [-0.4, -0.2) is 28.2 Å². The van der Waals surface area contributed by atoms with Crippen molar-refractivity contribution in [1.82, 2.24) is 9.88 Å². The van der Waals surface area contributed by atoms with Crippen LogP contribution in [0.3, 0.4) is 0 Å². The van der Waals surface area contributed by atoms with Crippen molar-refractivity contribution in [3.8, 4) is 0 Å². The second-order valence-electron chi connectivity index (χ2n) is 6.53. The second-order valence-corrected chi connectivity index (χ2v) is 7.31. The summed E-state index contributed by atoms with van der Waals surface area (Å²) in [5.74, 6) is -0.0984. The molecule has 3 aromatic rings. The van der Waals surface area contributed by atoms with E-state index in [0.717, 1.165) is 29.8 Å². The maximum Gasteiger partial charge on any atom is 0.274 e. The number of carbonyl (C=O) groups is 2. The van der Waals surface area contributed by atoms with Gasteiger partial charge < -0.3 is 10.2 Å². The van der Waals surface area contributed by atoms with E-state index in [4.69, 9.17) is 0 Å². The lowest BCUT2D eigenvalue weighted by atomic mass is 9.98. The third-order valence-corrected chi connectivity index (χ3v) is 5.39. The molecule has 2 aromatic heterocycles. The molecule has 0 saturated heterocycles. The van der Waals surface area contributed by atoms with Crippen LogP contribution in [0.25, 0.3) is 0 Å². The number of carbonyl (C=O) groups excluding carboxylic acids is 2. The Labute approximate surface area is 161 Å². The fourth-order valence-electron chi connectivity index (χ4n) is 3.22. The Kier molecular flexibility index (Phi) is 4.98. The summed E-state index contributed by atoms with van der Waals surface area (Å²) in [6, 6.07) is 13.1. The molecule has 1 N–H and O–H groups in total. The molecule has 136 valence electrons. The molecule has 1 aromatic carbocycles. The average molecular weight is 377 g/mol. The van der Waals surface area contributed by atoms with E-state index < -0.39 is 0 Å². The van der Waals surface area contributed by atoms with Gasteiger partial charge in [-0.25, -0.2) is 0 Å². The molecule has 1 aliphatic rings. The SMILES string of the molecule is O=C(Nc1ccc2c(c1)CN(C(=O)Cc1ccsc1)CC2)c1ccccn1. The Morgan fingerprint density at radius 2 is 2.07 bits per heavy atom. The molecular formula is C21H19N3O2S. The van der Waals surface area contributed by atoms with Crippen LogP contribution in [0.15, 0.2) is 59.4 Å². The van der Waals surface area contributed by atoms with Crippen LogP contribution in [0.4, 0.5) is 5.69 Å². The number of rotatable bonds is 4. The summed E-state index contributed by atoms with van der Waals surface area (Å²) in [6.45, 7) is 1.31. The summed E-state index contributed by atoms with van der Waals surface area (Å²) < 4.78 is 0. The summed E-state index contributed by atoms with van der Waals surface area (Å²) >= 11 is 1.61. The zero-order valence-electron chi connectivity index (χ0n) is 14.7. The normalized spacial score (nSPS) is 13.1. The predicted molar refractivity (Wildman–Crippen MR) is 106 cm³/mol. The van der Waals surface area contributed by atoms with Gasteiger partial charge in [0.05, 0.1) is 6.42 Å². The summed E-state index contributed by atoms with van der Waals surface area (Å²) in [5.41, 5.74) is 4.47. The largest absolute Gasteiger partial charge is 0.338 e. The van der Waals surface area contributed by atoms with Crippen molar-refractivity contribution in [1.29, 1.82) is 0 Å². The number of pyridine rings is 1. The summed E-state index contributed by atoms with van der Waals surface area (Å²) in [5, 5.41) is 6.89. The van der Waals surface area contributed by atoms with E-state index in [-0.39, 0.29) is 11.8 Å². The molecule has 0 aliphatic carbocycles. The maximum atomic E-state index is 12.6. The van der Waals surface area contributed by atoms with Gasteiger partial charge in [0.15, 0.2) is 0 Å². The third kappa shape index (κ3) is 4.06. The zero-order chi connectivity index (χ0) is 18.6. The van der Waals surface area contributed by atoms with E-state index in [2.05, 4.69) is 10.3 Å². The molecule has 3 heterocycles. The number of hydrogen-bond acceptors (Lipinski definition) is 4. The first-order valence-electron chi connectivity index (χ1n) is 8.82. The van der Waals surface area contributed by atoms with Gasteiger partial charge in [0.1, 0.15) is 5.69 Å². The molecule has 1 aliphatic heterocycles. The fourth-order valence-corrected chi connectivity index (χ4v) is 3.89. The minimum atomic E-state index is -0.239. The average Bonchev–Trinajstić information content (AvgIpc) is 3.21. The summed E-state index contributed by atoms with van der Waals surface area (Å²) in [6.07, 6.45) is 2.87. The maximum absolute atomic E-state index is 12.6. The molecule has 0 atom stereocenters. The number of amides is 2. The van der Waals surface area contributed by atoms with Gasteiger partial charge in [0, 0.05) is 25.0 Å². The topological polar surface area (TPSA) is 62.3 Å². The first-order valence-corrected chi connectivity index (χ1v) is 9.76. The van der Waals surface area contributed by atoms with Gasteiger partial charge in [0.25, 0.3) is 5.91 Å². The molecule has 0 unspecified atom stereocenters. The van der Waals surface area contributed by atoms with Gasteiger partial charge in [0.2, 0.25) is 5.91 Å². The lowest BCUT2D eigenvalue weighted by molar-refractivity contribution is -0.131. The van der Waals surface area contributed by atoms with Crippen molar-refractivity contribution in [3.05, 3.63) is 81.8 Å². The monoisotopic (exact) mass is 377 g/mol. The number of anilines is 1. The van der Waals surface area contributed by atoms with Crippen LogP contribution in [-0.2, 0) is 24.2 Å². The number of nitrogens with one attached hydrogen (secondary N) is 1. The number of thiophene rings is 1. The summed E-state index contributed by atoms with van der Waals surface area (Å²) in [7, 11) is 0. The van der Waals surface area contributed by atoms with E-state index in [9.17, 15) is 9.59 Å². The molecule has 6 heteroatoms. The molecule has 0 fully saturated rings. The van der Waals surface area contributed by atoms with E-state index in [1.807, 2.05) is 39.9 Å². The van der Waals surface area contributed by atoms with Crippen LogP contribution < -0.4 is 5.32 Å². The van der Waals surface area contributed by atoms with E-state index in [1.165, 1.54) is 5.56 Å². The van der Waals surface area contributed by atoms with Crippen molar-refractivity contribution in [2.75, 3.05) is 11.9 Å². The van der Waals surface area contributed by atoms with Crippen LogP contribution in [0, 0.1) is 0 Å². The van der Waals surface area contributed by atoms with Crippen molar-refractivity contribution < 1.29 is 9.59 Å². The van der Waals surface area contributed by atoms with E-state index >= 15 is 0 Å². The van der Waals surface area contributed by atoms with Crippen molar-refractivity contribution in [3.63, 3.8) is 0 Å². The predicted octanol–water partition coefficient (Wildman–Crippen LogP) is 3.52. The van der Waals surface area contributed by atoms with E-state index in [0.29, 0.717) is 18.7 Å². The standard InChI is InChI=1S/C21H19N3O2S/c25-20(11-15-7-10-27-14-15)24-9-6-16-4-5-18(12-17(16)13-24)23-21(26)19-3-1-2-8-22-19/h1-5,7-8,10,12,14H,6,9,11,13H2,(H,23,26). The van der Waals surface area contributed by atoms with E-state index in [1.54, 1.807) is 35.7 Å². The fraction of sp³-hybridized carbons (Fsp3) is 0.190. The molecule has 0 radical (unpaired) electrons. The molecule has 5 nitrogen and oxygen atoms in total. The highest BCUT2D eigenvalue weighted by molar-refractivity contribution is 7.08. The van der Waals surface area contributed by atoms with Crippen molar-refractivity contribution >= 4 is 28.8 Å². The Hall–Kier alpha value is -2.99. The van der Waals surface area contributed by atoms with Crippen LogP contribution in [0.2, 0.25) is 0 Å². The Morgan fingerprint density at radius 3 is 2.85 bits per heavy atom. The van der Waals surface area contributed by atoms with Gasteiger partial charge in [-0.3, -0.25) is 14.6 Å². The number of fused-ring (bicyclic) bond motifs is 1. The summed E-state index contributed by atoms with van der Waals surface area (Å²) in [4.78, 5) is 30.8. The van der Waals surface area contributed by atoms with Crippen molar-refractivity contribution in [2.24, 2.45) is 0 Å². The van der Waals surface area contributed by atoms with Gasteiger partial charge in [-0.15, -0.1) is 0 Å². The van der Waals surface area contributed by atoms with Gasteiger partial charge in [-0.1, -0.05) is 12.1 Å². The zero-order valence-corrected chi connectivity index (χ0v) is 15.5. The molecule has 0 bridgehead atoms. The van der Waals surface area contributed by atoms with Gasteiger partial charge in [-0.05, 0) is 64.2 Å². The molecular weight excluding hydrogens is 358 g/mol. The lowest BCUT2D eigenvalue weighted by Crippen LogP contribution is -2.36. The number of benzene rings is 1. The number of hydrogen-bond donors (Lipinski definition) is 1. The Morgan fingerprint density at radius 1 is 1.15 bits per heavy atom. The second kappa shape index (κ2) is 7.72. The molecule has 4 rings (SSSR count). The molecule has 0 saturated carbocycles. The highest BCUT2D eigenvalue weighted by Crippen LogP contribution is 2.24. The first kappa shape index (κ1) is 17.4. The van der Waals surface area contributed by atoms with Crippen LogP contribution >= 0.6 is 11.3 Å². The molecule has 2 amide bonds. The third-order valence-electron chi connectivity index (χ3n) is 4.66. The Bertz CT molecular complexity index is 955. The minimum Gasteiger partial charge on any atom is -0.338 e. The number of nitrogens with zero attached hydrogens (tertiary/aromatic N) is 2.